The molecule has 1 heterocycles. The second-order valence-corrected chi connectivity index (χ2v) is 5.95. The maximum atomic E-state index is 11.3. The first-order chi connectivity index (χ1) is 8.13. The lowest BCUT2D eigenvalue weighted by molar-refractivity contribution is -0.123. The Hall–Kier alpha value is -0.520. The van der Waals surface area contributed by atoms with Gasteiger partial charge in [0.25, 0.3) is 5.91 Å². The Balaban J connectivity index is 2.21. The lowest BCUT2D eigenvalue weighted by Gasteiger charge is -2.07. The minimum atomic E-state index is -1.03. The van der Waals surface area contributed by atoms with Crippen LogP contribution < -0.4 is 5.32 Å². The van der Waals surface area contributed by atoms with Gasteiger partial charge in [0.2, 0.25) is 0 Å². The van der Waals surface area contributed by atoms with E-state index in [0.717, 1.165) is 20.8 Å². The predicted molar refractivity (Wildman–Crippen MR) is 73.4 cm³/mol. The third kappa shape index (κ3) is 2.67. The van der Waals surface area contributed by atoms with Gasteiger partial charge in [-0.3, -0.25) is 4.79 Å². The van der Waals surface area contributed by atoms with E-state index in [0.29, 0.717) is 5.56 Å². The number of fused-ring (bicyclic) bond motifs is 1. The van der Waals surface area contributed by atoms with E-state index in [2.05, 4.69) is 28.2 Å². The maximum Gasteiger partial charge on any atom is 0.257 e. The number of hydrogen-bond donors (Lipinski definition) is 2. The highest BCUT2D eigenvalue weighted by atomic mass is 79.9. The molecule has 0 aromatic heterocycles. The van der Waals surface area contributed by atoms with E-state index in [1.165, 1.54) is 12.8 Å². The monoisotopic (exact) mass is 315 g/mol. The molecule has 1 aromatic carbocycles. The van der Waals surface area contributed by atoms with Crippen molar-refractivity contribution in [2.75, 3.05) is 11.1 Å². The lowest BCUT2D eigenvalue weighted by atomic mass is 10.1. The standard InChI is InChI=1S/C12H14BrNO2S/c1-2-3-4-17-10-6-9-7(5-8(10)13)11(15)12(16)14-9/h5-6,11,15H,2-4H2,1H3,(H,14,16). The SMILES string of the molecule is CCCCSc1cc2c(cc1Br)C(O)C(=O)N2. The second kappa shape index (κ2) is 5.42. The highest BCUT2D eigenvalue weighted by Crippen LogP contribution is 2.39. The smallest absolute Gasteiger partial charge is 0.257 e. The molecule has 5 heteroatoms. The topological polar surface area (TPSA) is 49.3 Å². The number of rotatable bonds is 4. The van der Waals surface area contributed by atoms with Crippen LogP contribution in [0.15, 0.2) is 21.5 Å². The molecule has 1 atom stereocenters. The fraction of sp³-hybridized carbons (Fsp3) is 0.417. The third-order valence-electron chi connectivity index (χ3n) is 2.66. The van der Waals surface area contributed by atoms with Crippen molar-refractivity contribution < 1.29 is 9.90 Å². The molecular formula is C12H14BrNO2S. The number of nitrogens with one attached hydrogen (secondary N) is 1. The van der Waals surface area contributed by atoms with E-state index >= 15 is 0 Å². The number of aliphatic hydroxyl groups is 1. The van der Waals surface area contributed by atoms with Gasteiger partial charge >= 0.3 is 0 Å². The lowest BCUT2D eigenvalue weighted by Crippen LogP contribution is -2.10. The van der Waals surface area contributed by atoms with E-state index < -0.39 is 6.10 Å². The molecule has 0 spiro atoms. The molecule has 1 amide bonds. The number of hydrogen-bond acceptors (Lipinski definition) is 3. The summed E-state index contributed by atoms with van der Waals surface area (Å²) in [6.45, 7) is 2.16. The molecular weight excluding hydrogens is 302 g/mol. The number of aliphatic hydroxyl groups excluding tert-OH is 1. The van der Waals surface area contributed by atoms with Gasteiger partial charge in [0.05, 0.1) is 0 Å². The summed E-state index contributed by atoms with van der Waals surface area (Å²) in [6.07, 6.45) is 1.31. The summed E-state index contributed by atoms with van der Waals surface area (Å²) in [4.78, 5) is 12.4. The Morgan fingerprint density at radius 1 is 1.53 bits per heavy atom. The summed E-state index contributed by atoms with van der Waals surface area (Å²) in [6, 6.07) is 3.75. The van der Waals surface area contributed by atoms with Gasteiger partial charge in [-0.05, 0) is 40.2 Å². The van der Waals surface area contributed by atoms with Crippen LogP contribution in [0.2, 0.25) is 0 Å². The number of thioether (sulfide) groups is 1. The molecule has 3 nitrogen and oxygen atoms in total. The summed E-state index contributed by atoms with van der Waals surface area (Å²) in [5.41, 5.74) is 1.38. The fourth-order valence-electron chi connectivity index (χ4n) is 1.68. The van der Waals surface area contributed by atoms with Crippen molar-refractivity contribution in [1.82, 2.24) is 0 Å². The molecule has 0 radical (unpaired) electrons. The molecule has 0 bridgehead atoms. The van der Waals surface area contributed by atoms with Crippen molar-refractivity contribution in [1.29, 1.82) is 0 Å². The number of benzene rings is 1. The highest BCUT2D eigenvalue weighted by Gasteiger charge is 2.29. The summed E-state index contributed by atoms with van der Waals surface area (Å²) in [5, 5.41) is 12.3. The quantitative estimate of drug-likeness (QED) is 0.662. The van der Waals surface area contributed by atoms with Crippen LogP contribution in [-0.2, 0) is 4.79 Å². The highest BCUT2D eigenvalue weighted by molar-refractivity contribution is 9.10. The molecule has 92 valence electrons. The van der Waals surface area contributed by atoms with Gasteiger partial charge < -0.3 is 10.4 Å². The Morgan fingerprint density at radius 3 is 3.00 bits per heavy atom. The average Bonchev–Trinajstić information content (AvgIpc) is 2.56. The predicted octanol–water partition coefficient (Wildman–Crippen LogP) is 3.33. The summed E-state index contributed by atoms with van der Waals surface area (Å²) >= 11 is 5.24. The number of amides is 1. The molecule has 1 aromatic rings. The first kappa shape index (κ1) is 12.9. The Bertz CT molecular complexity index is 450. The first-order valence-electron chi connectivity index (χ1n) is 5.58. The second-order valence-electron chi connectivity index (χ2n) is 3.96. The number of anilines is 1. The van der Waals surface area contributed by atoms with Crippen molar-refractivity contribution in [3.63, 3.8) is 0 Å². The van der Waals surface area contributed by atoms with Gasteiger partial charge in [-0.1, -0.05) is 13.3 Å². The third-order valence-corrected chi connectivity index (χ3v) is 4.72. The van der Waals surface area contributed by atoms with Crippen LogP contribution in [0.25, 0.3) is 0 Å². The molecule has 0 saturated heterocycles. The fourth-order valence-corrected chi connectivity index (χ4v) is 3.44. The number of unbranched alkanes of at least 4 members (excludes halogenated alkanes) is 1. The molecule has 0 saturated carbocycles. The largest absolute Gasteiger partial charge is 0.378 e. The maximum absolute atomic E-state index is 11.3. The van der Waals surface area contributed by atoms with Crippen LogP contribution in [0.3, 0.4) is 0 Å². The van der Waals surface area contributed by atoms with Gasteiger partial charge in [-0.15, -0.1) is 11.8 Å². The van der Waals surface area contributed by atoms with Crippen LogP contribution in [0.4, 0.5) is 5.69 Å². The van der Waals surface area contributed by atoms with Gasteiger partial charge in [-0.2, -0.15) is 0 Å². The summed E-state index contributed by atoms with van der Waals surface area (Å²) in [7, 11) is 0. The van der Waals surface area contributed by atoms with Crippen molar-refractivity contribution in [3.8, 4) is 0 Å². The van der Waals surface area contributed by atoms with E-state index in [9.17, 15) is 9.90 Å². The van der Waals surface area contributed by atoms with Crippen molar-refractivity contribution in [2.24, 2.45) is 0 Å². The Kier molecular flexibility index (Phi) is 4.12. The van der Waals surface area contributed by atoms with Crippen LogP contribution in [0, 0.1) is 0 Å². The van der Waals surface area contributed by atoms with Crippen LogP contribution >= 0.6 is 27.7 Å². The zero-order chi connectivity index (χ0) is 12.4. The van der Waals surface area contributed by atoms with Crippen molar-refractivity contribution in [3.05, 3.63) is 22.2 Å². The van der Waals surface area contributed by atoms with Crippen LogP contribution in [0.1, 0.15) is 31.4 Å². The van der Waals surface area contributed by atoms with E-state index in [1.54, 1.807) is 11.8 Å². The molecule has 2 rings (SSSR count). The normalized spacial score (nSPS) is 18.1. The summed E-state index contributed by atoms with van der Waals surface area (Å²) < 4.78 is 0.938. The van der Waals surface area contributed by atoms with Gasteiger partial charge in [0.15, 0.2) is 6.10 Å². The van der Waals surface area contributed by atoms with Crippen LogP contribution in [0.5, 0.6) is 0 Å². The zero-order valence-corrected chi connectivity index (χ0v) is 11.9. The zero-order valence-electron chi connectivity index (χ0n) is 9.50. The van der Waals surface area contributed by atoms with Gasteiger partial charge in [0, 0.05) is 20.6 Å². The molecule has 1 aliphatic heterocycles. The minimum Gasteiger partial charge on any atom is -0.378 e. The molecule has 0 aliphatic carbocycles. The molecule has 2 N–H and O–H groups in total. The number of halogens is 1. The van der Waals surface area contributed by atoms with Crippen molar-refractivity contribution in [2.45, 2.75) is 30.8 Å². The average molecular weight is 316 g/mol. The molecule has 1 aliphatic rings. The van der Waals surface area contributed by atoms with Crippen molar-refractivity contribution >= 4 is 39.3 Å². The minimum absolute atomic E-state index is 0.345. The van der Waals surface area contributed by atoms with Gasteiger partial charge in [-0.25, -0.2) is 0 Å². The van der Waals surface area contributed by atoms with E-state index in [1.807, 2.05) is 12.1 Å². The number of carbonyl (C=O) groups is 1. The molecule has 1 unspecified atom stereocenters. The molecule has 0 fully saturated rings. The van der Waals surface area contributed by atoms with Crippen LogP contribution in [-0.4, -0.2) is 16.8 Å². The molecule has 17 heavy (non-hydrogen) atoms. The Morgan fingerprint density at radius 2 is 2.29 bits per heavy atom. The van der Waals surface area contributed by atoms with E-state index in [-0.39, 0.29) is 5.91 Å². The summed E-state index contributed by atoms with van der Waals surface area (Å²) in [5.74, 6) is 0.715. The van der Waals surface area contributed by atoms with Gasteiger partial charge in [0.1, 0.15) is 0 Å². The number of carbonyl (C=O) groups excluding carboxylic acids is 1. The Labute approximate surface area is 113 Å². The first-order valence-corrected chi connectivity index (χ1v) is 7.36. The van der Waals surface area contributed by atoms with E-state index in [4.69, 9.17) is 0 Å².